The largest absolute Gasteiger partial charge is 0.382 e. The predicted molar refractivity (Wildman–Crippen MR) is 57.9 cm³/mol. The molecule has 0 aliphatic heterocycles. The minimum Gasteiger partial charge on any atom is -0.382 e. The number of methoxy groups -OCH3 is 1. The van der Waals surface area contributed by atoms with Gasteiger partial charge in [-0.15, -0.1) is 0 Å². The molecule has 86 valence electrons. The van der Waals surface area contributed by atoms with Crippen molar-refractivity contribution in [1.82, 2.24) is 0 Å². The molecule has 0 bridgehead atoms. The molecule has 0 fully saturated rings. The molecule has 0 aliphatic carbocycles. The molecule has 1 atom stereocenters. The Balaban J connectivity index is 2.85. The summed E-state index contributed by atoms with van der Waals surface area (Å²) >= 11 is 3.27. The normalized spacial score (nSPS) is 13.1. The summed E-state index contributed by atoms with van der Waals surface area (Å²) in [5.41, 5.74) is 0. The van der Waals surface area contributed by atoms with Gasteiger partial charge in [-0.1, -0.05) is 15.9 Å². The average molecular weight is 271 g/mol. The molecular formula is C9H19BrO4. The van der Waals surface area contributed by atoms with E-state index in [2.05, 4.69) is 15.9 Å². The van der Waals surface area contributed by atoms with Crippen molar-refractivity contribution in [2.45, 2.75) is 11.9 Å². The monoisotopic (exact) mass is 270 g/mol. The topological polar surface area (TPSA) is 36.9 Å². The summed E-state index contributed by atoms with van der Waals surface area (Å²) in [5.74, 6) is 0. The lowest BCUT2D eigenvalue weighted by molar-refractivity contribution is 0.00240. The molecule has 1 unspecified atom stereocenters. The fourth-order valence-electron chi connectivity index (χ4n) is 0.734. The maximum atomic E-state index is 5.25. The van der Waals surface area contributed by atoms with Crippen LogP contribution in [0.25, 0.3) is 0 Å². The lowest BCUT2D eigenvalue weighted by Gasteiger charge is -2.07. The van der Waals surface area contributed by atoms with Gasteiger partial charge < -0.3 is 18.9 Å². The van der Waals surface area contributed by atoms with Crippen molar-refractivity contribution in [3.63, 3.8) is 0 Å². The number of hydrogen-bond acceptors (Lipinski definition) is 4. The highest BCUT2D eigenvalue weighted by Crippen LogP contribution is 1.97. The smallest absolute Gasteiger partial charge is 0.109 e. The molecule has 0 amide bonds. The van der Waals surface area contributed by atoms with Gasteiger partial charge in [0, 0.05) is 7.11 Å². The molecule has 0 heterocycles. The predicted octanol–water partition coefficient (Wildman–Crippen LogP) is 1.42. The van der Waals surface area contributed by atoms with Crippen LogP contribution in [0.3, 0.4) is 0 Å². The van der Waals surface area contributed by atoms with Gasteiger partial charge in [-0.25, -0.2) is 0 Å². The first-order valence-electron chi connectivity index (χ1n) is 4.67. The van der Waals surface area contributed by atoms with Gasteiger partial charge in [0.2, 0.25) is 0 Å². The highest BCUT2D eigenvalue weighted by atomic mass is 79.9. The molecule has 0 aromatic rings. The lowest BCUT2D eigenvalue weighted by atomic mass is 10.7. The first-order valence-corrected chi connectivity index (χ1v) is 5.59. The summed E-state index contributed by atoms with van der Waals surface area (Å²) < 4.78 is 20.5. The molecule has 0 rings (SSSR count). The molecule has 0 saturated carbocycles. The van der Waals surface area contributed by atoms with Gasteiger partial charge >= 0.3 is 0 Å². The Kier molecular flexibility index (Phi) is 11.7. The summed E-state index contributed by atoms with van der Waals surface area (Å²) in [5, 5.41) is 0.0871. The average Bonchev–Trinajstić information content (AvgIpc) is 2.15. The van der Waals surface area contributed by atoms with Gasteiger partial charge in [-0.05, 0) is 6.92 Å². The third kappa shape index (κ3) is 12.3. The summed E-state index contributed by atoms with van der Waals surface area (Å²) in [6, 6.07) is 0. The highest BCUT2D eigenvalue weighted by Gasteiger charge is 1.94. The number of alkyl halides is 1. The van der Waals surface area contributed by atoms with Gasteiger partial charge in [-0.3, -0.25) is 0 Å². The van der Waals surface area contributed by atoms with Crippen molar-refractivity contribution in [3.8, 4) is 0 Å². The lowest BCUT2D eigenvalue weighted by Crippen LogP contribution is -2.12. The Hall–Kier alpha value is 0.320. The third-order valence-electron chi connectivity index (χ3n) is 1.38. The Labute approximate surface area is 94.0 Å². The SMILES string of the molecule is COCCOCCOCCOC(C)Br. The summed E-state index contributed by atoms with van der Waals surface area (Å²) in [6.45, 7) is 5.58. The fourth-order valence-corrected chi connectivity index (χ4v) is 0.921. The van der Waals surface area contributed by atoms with Gasteiger partial charge in [0.15, 0.2) is 0 Å². The van der Waals surface area contributed by atoms with E-state index in [9.17, 15) is 0 Å². The molecule has 0 N–H and O–H groups in total. The van der Waals surface area contributed by atoms with Crippen LogP contribution in [0.4, 0.5) is 0 Å². The molecule has 0 spiro atoms. The van der Waals surface area contributed by atoms with Gasteiger partial charge in [0.25, 0.3) is 0 Å². The van der Waals surface area contributed by atoms with E-state index in [-0.39, 0.29) is 5.01 Å². The Morgan fingerprint density at radius 3 is 1.93 bits per heavy atom. The van der Waals surface area contributed by atoms with E-state index in [1.807, 2.05) is 6.92 Å². The van der Waals surface area contributed by atoms with E-state index in [1.54, 1.807) is 7.11 Å². The molecule has 0 aromatic heterocycles. The zero-order valence-corrected chi connectivity index (χ0v) is 10.4. The van der Waals surface area contributed by atoms with E-state index in [0.717, 1.165) is 0 Å². The van der Waals surface area contributed by atoms with Crippen LogP contribution in [0, 0.1) is 0 Å². The second-order valence-electron chi connectivity index (χ2n) is 2.63. The standard InChI is InChI=1S/C9H19BrO4/c1-9(10)14-8-7-13-6-5-12-4-3-11-2/h9H,3-8H2,1-2H3. The quantitative estimate of drug-likeness (QED) is 0.445. The first-order chi connectivity index (χ1) is 6.77. The number of ether oxygens (including phenoxy) is 4. The minimum absolute atomic E-state index is 0.0871. The summed E-state index contributed by atoms with van der Waals surface area (Å²) in [7, 11) is 1.65. The molecule has 0 aromatic carbocycles. The molecule has 5 heteroatoms. The molecule has 0 aliphatic rings. The molecule has 0 radical (unpaired) electrons. The molecule has 0 saturated heterocycles. The molecule has 4 nitrogen and oxygen atoms in total. The van der Waals surface area contributed by atoms with Crippen LogP contribution >= 0.6 is 15.9 Å². The molecular weight excluding hydrogens is 252 g/mol. The highest BCUT2D eigenvalue weighted by molar-refractivity contribution is 9.09. The van der Waals surface area contributed by atoms with Crippen molar-refractivity contribution in [2.24, 2.45) is 0 Å². The Morgan fingerprint density at radius 1 is 0.929 bits per heavy atom. The van der Waals surface area contributed by atoms with Gasteiger partial charge in [0.1, 0.15) is 5.01 Å². The second kappa shape index (κ2) is 11.4. The summed E-state index contributed by atoms with van der Waals surface area (Å²) in [6.07, 6.45) is 0. The Morgan fingerprint density at radius 2 is 1.43 bits per heavy atom. The zero-order chi connectivity index (χ0) is 10.6. The third-order valence-corrected chi connectivity index (χ3v) is 1.64. The van der Waals surface area contributed by atoms with Crippen molar-refractivity contribution in [2.75, 3.05) is 46.8 Å². The van der Waals surface area contributed by atoms with Crippen LogP contribution < -0.4 is 0 Å². The number of halogens is 1. The van der Waals surface area contributed by atoms with Gasteiger partial charge in [-0.2, -0.15) is 0 Å². The maximum absolute atomic E-state index is 5.25. The van der Waals surface area contributed by atoms with Gasteiger partial charge in [0.05, 0.1) is 39.6 Å². The summed E-state index contributed by atoms with van der Waals surface area (Å²) in [4.78, 5) is 0. The van der Waals surface area contributed by atoms with Crippen molar-refractivity contribution >= 4 is 15.9 Å². The minimum atomic E-state index is 0.0871. The maximum Gasteiger partial charge on any atom is 0.109 e. The van der Waals surface area contributed by atoms with Crippen LogP contribution in [0.1, 0.15) is 6.92 Å². The van der Waals surface area contributed by atoms with Crippen LogP contribution in [-0.2, 0) is 18.9 Å². The first kappa shape index (κ1) is 14.3. The van der Waals surface area contributed by atoms with E-state index in [4.69, 9.17) is 18.9 Å². The van der Waals surface area contributed by atoms with Crippen molar-refractivity contribution < 1.29 is 18.9 Å². The molecule has 14 heavy (non-hydrogen) atoms. The zero-order valence-electron chi connectivity index (χ0n) is 8.83. The van der Waals surface area contributed by atoms with E-state index >= 15 is 0 Å². The fraction of sp³-hybridized carbons (Fsp3) is 1.00. The van der Waals surface area contributed by atoms with Crippen LogP contribution in [0.5, 0.6) is 0 Å². The van der Waals surface area contributed by atoms with Crippen LogP contribution in [-0.4, -0.2) is 51.8 Å². The second-order valence-corrected chi connectivity index (χ2v) is 3.92. The van der Waals surface area contributed by atoms with Crippen LogP contribution in [0.15, 0.2) is 0 Å². The van der Waals surface area contributed by atoms with Crippen molar-refractivity contribution in [1.29, 1.82) is 0 Å². The number of rotatable bonds is 10. The van der Waals surface area contributed by atoms with Crippen molar-refractivity contribution in [3.05, 3.63) is 0 Å². The Bertz CT molecular complexity index is 111. The van der Waals surface area contributed by atoms with E-state index < -0.39 is 0 Å². The van der Waals surface area contributed by atoms with Crippen LogP contribution in [0.2, 0.25) is 0 Å². The van der Waals surface area contributed by atoms with E-state index in [0.29, 0.717) is 39.6 Å². The number of hydrogen-bond donors (Lipinski definition) is 0. The van der Waals surface area contributed by atoms with E-state index in [1.165, 1.54) is 0 Å².